The molecule has 0 aliphatic heterocycles. The molecule has 0 unspecified atom stereocenters. The molecule has 0 amide bonds. The summed E-state index contributed by atoms with van der Waals surface area (Å²) < 4.78 is 39.6. The average Bonchev–Trinajstić information content (AvgIpc) is 2.47. The molecule has 0 radical (unpaired) electrons. The standard InChI is InChI=1S/C14H12O7S/c1-20-12-8-11(15)10(7-13(12)21-22(17,18)19)14(16)9-5-3-2-4-6-9/h2-8,15H,1H3,(H,17,18,19). The van der Waals surface area contributed by atoms with Crippen molar-refractivity contribution < 1.29 is 31.8 Å². The van der Waals surface area contributed by atoms with E-state index in [9.17, 15) is 18.3 Å². The minimum absolute atomic E-state index is 0.153. The van der Waals surface area contributed by atoms with Gasteiger partial charge in [0.25, 0.3) is 0 Å². The maximum absolute atomic E-state index is 12.3. The number of rotatable bonds is 5. The monoisotopic (exact) mass is 324 g/mol. The molecule has 0 aliphatic rings. The summed E-state index contributed by atoms with van der Waals surface area (Å²) in [5.74, 6) is -1.52. The summed E-state index contributed by atoms with van der Waals surface area (Å²) in [6, 6.07) is 10.1. The van der Waals surface area contributed by atoms with Crippen molar-refractivity contribution in [3.05, 3.63) is 53.6 Å². The molecular formula is C14H12O7S. The third kappa shape index (κ3) is 3.54. The van der Waals surface area contributed by atoms with Gasteiger partial charge in [0.05, 0.1) is 12.7 Å². The van der Waals surface area contributed by atoms with Crippen LogP contribution in [0.2, 0.25) is 0 Å². The van der Waals surface area contributed by atoms with E-state index >= 15 is 0 Å². The van der Waals surface area contributed by atoms with Crippen molar-refractivity contribution in [2.75, 3.05) is 7.11 Å². The third-order valence-electron chi connectivity index (χ3n) is 2.76. The molecule has 0 saturated carbocycles. The number of benzene rings is 2. The molecule has 2 aromatic carbocycles. The second kappa shape index (κ2) is 6.04. The average molecular weight is 324 g/mol. The normalized spacial score (nSPS) is 11.0. The van der Waals surface area contributed by atoms with Crippen LogP contribution in [0.5, 0.6) is 17.2 Å². The highest BCUT2D eigenvalue weighted by molar-refractivity contribution is 7.81. The third-order valence-corrected chi connectivity index (χ3v) is 3.15. The molecule has 7 nitrogen and oxygen atoms in total. The molecule has 2 rings (SSSR count). The van der Waals surface area contributed by atoms with E-state index in [-0.39, 0.29) is 11.3 Å². The van der Waals surface area contributed by atoms with E-state index in [1.807, 2.05) is 0 Å². The topological polar surface area (TPSA) is 110 Å². The first-order valence-electron chi connectivity index (χ1n) is 5.99. The van der Waals surface area contributed by atoms with Gasteiger partial charge in [0.15, 0.2) is 17.3 Å². The smallest absolute Gasteiger partial charge is 0.446 e. The second-order valence-electron chi connectivity index (χ2n) is 4.23. The number of aromatic hydroxyl groups is 1. The fraction of sp³-hybridized carbons (Fsp3) is 0.0714. The van der Waals surface area contributed by atoms with Crippen molar-refractivity contribution >= 4 is 16.2 Å². The van der Waals surface area contributed by atoms with E-state index in [1.54, 1.807) is 18.2 Å². The molecule has 2 N–H and O–H groups in total. The SMILES string of the molecule is COc1cc(O)c(C(=O)c2ccccc2)cc1OS(=O)(=O)O. The maximum atomic E-state index is 12.3. The lowest BCUT2D eigenvalue weighted by molar-refractivity contribution is 0.103. The van der Waals surface area contributed by atoms with Crippen molar-refractivity contribution in [3.8, 4) is 17.2 Å². The van der Waals surface area contributed by atoms with Gasteiger partial charge in [-0.3, -0.25) is 9.35 Å². The van der Waals surface area contributed by atoms with Gasteiger partial charge in [-0.25, -0.2) is 0 Å². The van der Waals surface area contributed by atoms with Crippen LogP contribution in [0.4, 0.5) is 0 Å². The van der Waals surface area contributed by atoms with Gasteiger partial charge in [-0.15, -0.1) is 0 Å². The Morgan fingerprint density at radius 3 is 2.27 bits per heavy atom. The number of ether oxygens (including phenoxy) is 1. The first kappa shape index (κ1) is 15.8. The summed E-state index contributed by atoms with van der Waals surface area (Å²) in [4.78, 5) is 12.3. The highest BCUT2D eigenvalue weighted by Gasteiger charge is 2.20. The number of hydrogen-bond acceptors (Lipinski definition) is 6. The van der Waals surface area contributed by atoms with E-state index in [2.05, 4.69) is 4.18 Å². The zero-order chi connectivity index (χ0) is 16.3. The van der Waals surface area contributed by atoms with E-state index in [0.717, 1.165) is 12.1 Å². The molecule has 0 saturated heterocycles. The Labute approximate surface area is 126 Å². The van der Waals surface area contributed by atoms with Gasteiger partial charge in [-0.05, 0) is 0 Å². The lowest BCUT2D eigenvalue weighted by Crippen LogP contribution is -2.09. The van der Waals surface area contributed by atoms with Gasteiger partial charge < -0.3 is 14.0 Å². The molecule has 0 spiro atoms. The molecule has 0 heterocycles. The minimum Gasteiger partial charge on any atom is -0.507 e. The Morgan fingerprint density at radius 2 is 1.73 bits per heavy atom. The molecule has 0 bridgehead atoms. The van der Waals surface area contributed by atoms with Crippen molar-refractivity contribution in [2.45, 2.75) is 0 Å². The summed E-state index contributed by atoms with van der Waals surface area (Å²) in [5, 5.41) is 9.91. The predicted molar refractivity (Wildman–Crippen MR) is 76.7 cm³/mol. The van der Waals surface area contributed by atoms with Crippen LogP contribution in [0, 0.1) is 0 Å². The quantitative estimate of drug-likeness (QED) is 0.637. The fourth-order valence-electron chi connectivity index (χ4n) is 1.81. The molecule has 2 aromatic rings. The maximum Gasteiger partial charge on any atom is 0.446 e. The summed E-state index contributed by atoms with van der Waals surface area (Å²) in [6.45, 7) is 0. The van der Waals surface area contributed by atoms with Crippen molar-refractivity contribution in [2.24, 2.45) is 0 Å². The van der Waals surface area contributed by atoms with Crippen LogP contribution in [-0.2, 0) is 10.4 Å². The zero-order valence-corrected chi connectivity index (χ0v) is 12.2. The van der Waals surface area contributed by atoms with E-state index in [4.69, 9.17) is 9.29 Å². The molecule has 0 fully saturated rings. The number of carbonyl (C=O) groups is 1. The molecule has 22 heavy (non-hydrogen) atoms. The Bertz CT molecular complexity index is 797. The fourth-order valence-corrected chi connectivity index (χ4v) is 2.17. The van der Waals surface area contributed by atoms with Gasteiger partial charge in [0.2, 0.25) is 0 Å². The van der Waals surface area contributed by atoms with Crippen LogP contribution < -0.4 is 8.92 Å². The van der Waals surface area contributed by atoms with Crippen molar-refractivity contribution in [1.82, 2.24) is 0 Å². The molecule has 0 aliphatic carbocycles. The minimum atomic E-state index is -4.80. The number of phenolic OH excluding ortho intramolecular Hbond substituents is 1. The van der Waals surface area contributed by atoms with Gasteiger partial charge >= 0.3 is 10.4 Å². The van der Waals surface area contributed by atoms with E-state index in [1.165, 1.54) is 19.2 Å². The Kier molecular flexibility index (Phi) is 4.34. The Morgan fingerprint density at radius 1 is 1.09 bits per heavy atom. The number of hydrogen-bond donors (Lipinski definition) is 2. The summed E-state index contributed by atoms with van der Waals surface area (Å²) in [6.07, 6.45) is 0. The molecule has 0 atom stereocenters. The number of ketones is 1. The summed E-state index contributed by atoms with van der Waals surface area (Å²) in [5.41, 5.74) is 0.103. The highest BCUT2D eigenvalue weighted by Crippen LogP contribution is 2.35. The largest absolute Gasteiger partial charge is 0.507 e. The number of phenols is 1. The lowest BCUT2D eigenvalue weighted by Gasteiger charge is -2.11. The number of methoxy groups -OCH3 is 1. The zero-order valence-electron chi connectivity index (χ0n) is 11.4. The first-order valence-corrected chi connectivity index (χ1v) is 7.36. The predicted octanol–water partition coefficient (Wildman–Crippen LogP) is 1.81. The first-order chi connectivity index (χ1) is 10.3. The molecule has 116 valence electrons. The van der Waals surface area contributed by atoms with E-state index < -0.39 is 27.7 Å². The van der Waals surface area contributed by atoms with Crippen LogP contribution in [-0.4, -0.2) is 31.0 Å². The van der Waals surface area contributed by atoms with E-state index in [0.29, 0.717) is 5.56 Å². The van der Waals surface area contributed by atoms with Gasteiger partial charge in [0.1, 0.15) is 5.75 Å². The second-order valence-corrected chi connectivity index (χ2v) is 5.25. The Balaban J connectivity index is 2.53. The highest BCUT2D eigenvalue weighted by atomic mass is 32.3. The van der Waals surface area contributed by atoms with Gasteiger partial charge in [-0.2, -0.15) is 8.42 Å². The van der Waals surface area contributed by atoms with Crippen LogP contribution in [0.3, 0.4) is 0 Å². The molecule has 8 heteroatoms. The van der Waals surface area contributed by atoms with Crippen LogP contribution in [0.15, 0.2) is 42.5 Å². The van der Waals surface area contributed by atoms with Crippen LogP contribution >= 0.6 is 0 Å². The lowest BCUT2D eigenvalue weighted by atomic mass is 10.0. The molecular weight excluding hydrogens is 312 g/mol. The number of carbonyl (C=O) groups excluding carboxylic acids is 1. The van der Waals surface area contributed by atoms with Crippen molar-refractivity contribution in [1.29, 1.82) is 0 Å². The van der Waals surface area contributed by atoms with Gasteiger partial charge in [0, 0.05) is 17.7 Å². The van der Waals surface area contributed by atoms with Crippen LogP contribution in [0.1, 0.15) is 15.9 Å². The van der Waals surface area contributed by atoms with Gasteiger partial charge in [-0.1, -0.05) is 30.3 Å². The van der Waals surface area contributed by atoms with Crippen LogP contribution in [0.25, 0.3) is 0 Å². The Hall–Kier alpha value is -2.58. The summed E-state index contributed by atoms with van der Waals surface area (Å²) >= 11 is 0. The van der Waals surface area contributed by atoms with Crippen molar-refractivity contribution in [3.63, 3.8) is 0 Å². The molecule has 0 aromatic heterocycles. The summed E-state index contributed by atoms with van der Waals surface area (Å²) in [7, 11) is -3.59.